The molecular formula is C54H62N8O13. The SMILES string of the molecule is CN1CCN(CC(=O)N2Cc3ccccc3/C(=C\C#N)c3ccccc32)CC1.CN1CCN(CC(=O)N2Cc3ccccc3/C(=C\C#N)c3ccccc32)CC1.O.O.O.O=C(O)/C=C\C(=O)O.O=C(O)/C=C\C(=O)O. The molecule has 0 aromatic heterocycles. The number of aliphatic carboxylic acids is 4. The van der Waals surface area contributed by atoms with Crippen LogP contribution >= 0.6 is 0 Å². The molecule has 4 heterocycles. The van der Waals surface area contributed by atoms with Crippen molar-refractivity contribution in [1.29, 1.82) is 10.5 Å². The third-order valence-corrected chi connectivity index (χ3v) is 11.9. The van der Waals surface area contributed by atoms with Gasteiger partial charge in [0.05, 0.1) is 49.7 Å². The monoisotopic (exact) mass is 1030 g/mol. The number of hydrogen-bond donors (Lipinski definition) is 4. The van der Waals surface area contributed by atoms with Gasteiger partial charge in [0, 0.05) is 111 Å². The molecule has 0 bridgehead atoms. The van der Waals surface area contributed by atoms with E-state index in [1.165, 1.54) is 0 Å². The van der Waals surface area contributed by atoms with Crippen molar-refractivity contribution in [3.63, 3.8) is 0 Å². The van der Waals surface area contributed by atoms with E-state index >= 15 is 0 Å². The second-order valence-electron chi connectivity index (χ2n) is 16.9. The third kappa shape index (κ3) is 18.4. The maximum atomic E-state index is 13.3. The lowest BCUT2D eigenvalue weighted by Gasteiger charge is -2.33. The van der Waals surface area contributed by atoms with Crippen molar-refractivity contribution in [3.05, 3.63) is 167 Å². The van der Waals surface area contributed by atoms with Crippen molar-refractivity contribution in [3.8, 4) is 12.1 Å². The average molecular weight is 1030 g/mol. The standard InChI is InChI=1S/2C23H24N4O.2C4H4O4.3H2O/c2*1-25-12-14-26(15-13-25)17-23(28)27-16-18-6-2-3-7-19(18)20(10-11-24)21-8-4-5-9-22(21)27;2*5-3(6)1-2-4(7)8;;;/h2*2-10H,12-17H2,1H3;2*1-2H,(H,5,6)(H,7,8);3*1H2/b2*20-10+;2*2-1-;;;. The molecule has 2 fully saturated rings. The Morgan fingerprint density at radius 3 is 1.03 bits per heavy atom. The maximum absolute atomic E-state index is 13.3. The van der Waals surface area contributed by atoms with Gasteiger partial charge in [-0.25, -0.2) is 19.2 Å². The Morgan fingerprint density at radius 1 is 0.453 bits per heavy atom. The summed E-state index contributed by atoms with van der Waals surface area (Å²) in [5, 5.41) is 50.0. The quantitative estimate of drug-likeness (QED) is 0.145. The molecule has 75 heavy (non-hydrogen) atoms. The molecule has 10 N–H and O–H groups in total. The minimum Gasteiger partial charge on any atom is -0.478 e. The maximum Gasteiger partial charge on any atom is 0.328 e. The lowest BCUT2D eigenvalue weighted by atomic mass is 9.94. The van der Waals surface area contributed by atoms with Crippen molar-refractivity contribution in [2.45, 2.75) is 13.1 Å². The Labute approximate surface area is 434 Å². The number of hydrogen-bond acceptors (Lipinski definition) is 12. The Morgan fingerprint density at radius 2 is 0.733 bits per heavy atom. The number of para-hydroxylation sites is 2. The van der Waals surface area contributed by atoms with Crippen molar-refractivity contribution < 1.29 is 65.6 Å². The molecule has 2 amide bonds. The molecular weight excluding hydrogens is 969 g/mol. The number of anilines is 2. The Balaban J connectivity index is 0.000000387. The first-order chi connectivity index (χ1) is 34.6. The van der Waals surface area contributed by atoms with E-state index in [1.807, 2.05) is 107 Å². The van der Waals surface area contributed by atoms with Gasteiger partial charge in [-0.3, -0.25) is 19.4 Å². The van der Waals surface area contributed by atoms with E-state index in [1.54, 1.807) is 12.2 Å². The second-order valence-corrected chi connectivity index (χ2v) is 16.9. The highest BCUT2D eigenvalue weighted by Gasteiger charge is 2.30. The zero-order chi connectivity index (χ0) is 52.2. The van der Waals surface area contributed by atoms with Gasteiger partial charge in [0.15, 0.2) is 0 Å². The van der Waals surface area contributed by atoms with Gasteiger partial charge in [0.25, 0.3) is 0 Å². The molecule has 0 aliphatic carbocycles. The van der Waals surface area contributed by atoms with Crippen LogP contribution in [-0.2, 0) is 41.9 Å². The summed E-state index contributed by atoms with van der Waals surface area (Å²) in [5.74, 6) is -4.82. The number of carbonyl (C=O) groups is 6. The number of fused-ring (bicyclic) bond motifs is 4. The predicted octanol–water partition coefficient (Wildman–Crippen LogP) is 2.42. The topological polar surface area (TPSA) is 345 Å². The largest absolute Gasteiger partial charge is 0.478 e. The van der Waals surface area contributed by atoms with Crippen LogP contribution in [0.4, 0.5) is 11.4 Å². The molecule has 4 aromatic carbocycles. The number of carboxylic acids is 4. The summed E-state index contributed by atoms with van der Waals surface area (Å²) in [7, 11) is 4.23. The van der Waals surface area contributed by atoms with Crippen molar-refractivity contribution in [2.24, 2.45) is 0 Å². The highest BCUT2D eigenvalue weighted by molar-refractivity contribution is 6.02. The van der Waals surface area contributed by atoms with Crippen molar-refractivity contribution >= 4 is 58.2 Å². The number of carbonyl (C=O) groups excluding carboxylic acids is 2. The summed E-state index contributed by atoms with van der Waals surface area (Å²) >= 11 is 0. The van der Waals surface area contributed by atoms with E-state index in [0.29, 0.717) is 50.5 Å². The number of likely N-dealkylation sites (N-methyl/N-ethyl adjacent to an activating group) is 2. The molecule has 4 aromatic rings. The number of rotatable bonds is 8. The van der Waals surface area contributed by atoms with E-state index in [0.717, 1.165) is 108 Å². The smallest absolute Gasteiger partial charge is 0.328 e. The number of amides is 2. The predicted molar refractivity (Wildman–Crippen MR) is 281 cm³/mol. The molecule has 0 atom stereocenters. The number of allylic oxidation sites excluding steroid dienone is 2. The molecule has 0 saturated carbocycles. The van der Waals surface area contributed by atoms with Crippen LogP contribution in [0.2, 0.25) is 0 Å². The van der Waals surface area contributed by atoms with Crippen LogP contribution in [0.25, 0.3) is 11.1 Å². The summed E-state index contributed by atoms with van der Waals surface area (Å²) in [6.45, 7) is 9.46. The van der Waals surface area contributed by atoms with Gasteiger partial charge < -0.3 is 56.5 Å². The fourth-order valence-corrected chi connectivity index (χ4v) is 8.25. The van der Waals surface area contributed by atoms with Gasteiger partial charge in [-0.05, 0) is 48.5 Å². The van der Waals surface area contributed by atoms with Gasteiger partial charge in [-0.1, -0.05) is 84.9 Å². The fourth-order valence-electron chi connectivity index (χ4n) is 8.25. The minimum absolute atomic E-state index is 0. The number of nitriles is 2. The van der Waals surface area contributed by atoms with Crippen molar-refractivity contribution in [2.75, 3.05) is 89.3 Å². The average Bonchev–Trinajstić information content (AvgIpc) is 3.60. The molecule has 396 valence electrons. The molecule has 0 spiro atoms. The number of carboxylic acid groups (broad SMARTS) is 4. The molecule has 2 saturated heterocycles. The number of benzene rings is 4. The zero-order valence-electron chi connectivity index (χ0n) is 41.5. The van der Waals surface area contributed by atoms with Crippen molar-refractivity contribution in [1.82, 2.24) is 19.6 Å². The van der Waals surface area contributed by atoms with E-state index in [4.69, 9.17) is 20.4 Å². The normalized spacial score (nSPS) is 16.1. The first kappa shape index (κ1) is 62.5. The van der Waals surface area contributed by atoms with Crippen LogP contribution < -0.4 is 9.80 Å². The fraction of sp³-hybridized carbons (Fsp3) is 0.259. The summed E-state index contributed by atoms with van der Waals surface area (Å²) in [4.78, 5) is 77.7. The summed E-state index contributed by atoms with van der Waals surface area (Å²) < 4.78 is 0. The molecule has 0 unspecified atom stereocenters. The van der Waals surface area contributed by atoms with E-state index in [9.17, 15) is 39.3 Å². The van der Waals surface area contributed by atoms with Crippen LogP contribution in [0, 0.1) is 22.7 Å². The van der Waals surface area contributed by atoms with Gasteiger partial charge in [-0.2, -0.15) is 10.5 Å². The summed E-state index contributed by atoms with van der Waals surface area (Å²) in [6, 6.07) is 36.2. The first-order valence-electron chi connectivity index (χ1n) is 22.8. The van der Waals surface area contributed by atoms with E-state index in [2.05, 4.69) is 45.8 Å². The third-order valence-electron chi connectivity index (χ3n) is 11.9. The first-order valence-corrected chi connectivity index (χ1v) is 22.8. The molecule has 21 nitrogen and oxygen atoms in total. The minimum atomic E-state index is -1.26. The Hall–Kier alpha value is -8.64. The molecule has 4 aliphatic heterocycles. The molecule has 21 heteroatoms. The lowest BCUT2D eigenvalue weighted by Crippen LogP contribution is -2.48. The summed E-state index contributed by atoms with van der Waals surface area (Å²) in [5.41, 5.74) is 9.53. The Bertz CT molecular complexity index is 2610. The molecule has 0 radical (unpaired) electrons. The van der Waals surface area contributed by atoms with Crippen LogP contribution in [0.15, 0.2) is 134 Å². The van der Waals surface area contributed by atoms with E-state index in [-0.39, 0.29) is 28.2 Å². The van der Waals surface area contributed by atoms with Crippen LogP contribution in [-0.4, -0.2) is 172 Å². The summed E-state index contributed by atoms with van der Waals surface area (Å²) in [6.07, 6.45) is 5.41. The Kier molecular flexibility index (Phi) is 25.9. The zero-order valence-corrected chi connectivity index (χ0v) is 41.5. The van der Waals surface area contributed by atoms with E-state index < -0.39 is 23.9 Å². The highest BCUT2D eigenvalue weighted by atomic mass is 16.4. The highest BCUT2D eigenvalue weighted by Crippen LogP contribution is 2.39. The van der Waals surface area contributed by atoms with Gasteiger partial charge in [-0.15, -0.1) is 0 Å². The van der Waals surface area contributed by atoms with Gasteiger partial charge in [0.1, 0.15) is 0 Å². The molecule has 8 rings (SSSR count). The van der Waals surface area contributed by atoms with Crippen LogP contribution in [0.1, 0.15) is 33.4 Å². The van der Waals surface area contributed by atoms with Gasteiger partial charge >= 0.3 is 23.9 Å². The number of piperazine rings is 2. The molecule has 4 aliphatic rings. The van der Waals surface area contributed by atoms with Crippen LogP contribution in [0.3, 0.4) is 0 Å². The second kappa shape index (κ2) is 31.1. The van der Waals surface area contributed by atoms with Gasteiger partial charge in [0.2, 0.25) is 11.8 Å². The van der Waals surface area contributed by atoms with Crippen LogP contribution in [0.5, 0.6) is 0 Å². The number of nitrogens with zero attached hydrogens (tertiary/aromatic N) is 8. The lowest BCUT2D eigenvalue weighted by molar-refractivity contribution is -0.134.